The van der Waals surface area contributed by atoms with Crippen LogP contribution in [0.5, 0.6) is 0 Å². The maximum absolute atomic E-state index is 9.30. The van der Waals surface area contributed by atoms with Crippen molar-refractivity contribution in [2.75, 3.05) is 0 Å². The van der Waals surface area contributed by atoms with Crippen LogP contribution in [-0.4, -0.2) is 21.9 Å². The van der Waals surface area contributed by atoms with Gasteiger partial charge in [0, 0.05) is 12.0 Å². The summed E-state index contributed by atoms with van der Waals surface area (Å²) in [5.74, 6) is 0.642. The molecule has 0 saturated heterocycles. The standard InChI is InChI=1S/C9H9ClN2O/c1-5(13)7-4-6-2-3-8(10)12-9(6)11-7/h2-3,5,13H,4H2,1H3. The predicted octanol–water partition coefficient (Wildman–Crippen LogP) is 1.74. The SMILES string of the molecule is CC(O)C1=Nc2nc(Cl)ccc2C1. The molecule has 0 fully saturated rings. The zero-order valence-electron chi connectivity index (χ0n) is 7.16. The number of aliphatic hydroxyl groups excluding tert-OH is 1. The number of rotatable bonds is 1. The van der Waals surface area contributed by atoms with Gasteiger partial charge < -0.3 is 5.11 Å². The number of aliphatic hydroxyl groups is 1. The highest BCUT2D eigenvalue weighted by molar-refractivity contribution is 6.29. The van der Waals surface area contributed by atoms with E-state index in [2.05, 4.69) is 9.98 Å². The van der Waals surface area contributed by atoms with Gasteiger partial charge in [0.15, 0.2) is 5.82 Å². The number of hydrogen-bond acceptors (Lipinski definition) is 3. The molecule has 1 aliphatic rings. The number of aliphatic imine (C=N–C) groups is 1. The van der Waals surface area contributed by atoms with Crippen molar-refractivity contribution in [2.45, 2.75) is 19.4 Å². The molecule has 0 saturated carbocycles. The number of halogens is 1. The molecule has 3 nitrogen and oxygen atoms in total. The van der Waals surface area contributed by atoms with Crippen molar-refractivity contribution in [1.29, 1.82) is 0 Å². The second kappa shape index (κ2) is 3.09. The maximum atomic E-state index is 9.30. The Kier molecular flexibility index (Phi) is 2.06. The van der Waals surface area contributed by atoms with Crippen LogP contribution in [0.15, 0.2) is 17.1 Å². The van der Waals surface area contributed by atoms with Gasteiger partial charge in [-0.1, -0.05) is 17.7 Å². The Morgan fingerprint density at radius 3 is 3.00 bits per heavy atom. The van der Waals surface area contributed by atoms with Gasteiger partial charge in [0.05, 0.1) is 11.8 Å². The van der Waals surface area contributed by atoms with Gasteiger partial charge in [-0.2, -0.15) is 0 Å². The lowest BCUT2D eigenvalue weighted by molar-refractivity contribution is 0.261. The van der Waals surface area contributed by atoms with Crippen molar-refractivity contribution < 1.29 is 5.11 Å². The third-order valence-corrected chi connectivity index (χ3v) is 2.24. The third-order valence-electron chi connectivity index (χ3n) is 2.03. The summed E-state index contributed by atoms with van der Waals surface area (Å²) >= 11 is 5.71. The molecule has 0 bridgehead atoms. The van der Waals surface area contributed by atoms with Crippen molar-refractivity contribution in [3.05, 3.63) is 22.8 Å². The summed E-state index contributed by atoms with van der Waals surface area (Å²) in [7, 11) is 0. The van der Waals surface area contributed by atoms with Crippen LogP contribution in [0.1, 0.15) is 12.5 Å². The predicted molar refractivity (Wildman–Crippen MR) is 51.7 cm³/mol. The third kappa shape index (κ3) is 1.57. The minimum atomic E-state index is -0.507. The molecule has 2 rings (SSSR count). The minimum Gasteiger partial charge on any atom is -0.387 e. The van der Waals surface area contributed by atoms with Crippen LogP contribution in [0.3, 0.4) is 0 Å². The molecule has 1 atom stereocenters. The smallest absolute Gasteiger partial charge is 0.157 e. The maximum Gasteiger partial charge on any atom is 0.157 e. The first-order valence-electron chi connectivity index (χ1n) is 4.08. The summed E-state index contributed by atoms with van der Waals surface area (Å²) in [4.78, 5) is 8.24. The average molecular weight is 197 g/mol. The largest absolute Gasteiger partial charge is 0.387 e. The second-order valence-electron chi connectivity index (χ2n) is 3.07. The highest BCUT2D eigenvalue weighted by Crippen LogP contribution is 2.26. The molecular formula is C9H9ClN2O. The number of fused-ring (bicyclic) bond motifs is 1. The zero-order chi connectivity index (χ0) is 9.42. The van der Waals surface area contributed by atoms with E-state index >= 15 is 0 Å². The van der Waals surface area contributed by atoms with E-state index in [-0.39, 0.29) is 0 Å². The molecule has 4 heteroatoms. The lowest BCUT2D eigenvalue weighted by Gasteiger charge is -2.00. The van der Waals surface area contributed by atoms with Crippen LogP contribution < -0.4 is 0 Å². The monoisotopic (exact) mass is 196 g/mol. The molecule has 2 heterocycles. The number of pyridine rings is 1. The van der Waals surface area contributed by atoms with E-state index in [1.807, 2.05) is 6.07 Å². The molecule has 0 radical (unpaired) electrons. The summed E-state index contributed by atoms with van der Waals surface area (Å²) in [5.41, 5.74) is 1.78. The first kappa shape index (κ1) is 8.66. The molecular weight excluding hydrogens is 188 g/mol. The minimum absolute atomic E-state index is 0.439. The molecule has 0 aliphatic carbocycles. The van der Waals surface area contributed by atoms with Gasteiger partial charge in [-0.3, -0.25) is 0 Å². The first-order valence-corrected chi connectivity index (χ1v) is 4.45. The highest BCUT2D eigenvalue weighted by atomic mass is 35.5. The van der Waals surface area contributed by atoms with Crippen molar-refractivity contribution in [1.82, 2.24) is 4.98 Å². The fraction of sp³-hybridized carbons (Fsp3) is 0.333. The van der Waals surface area contributed by atoms with Gasteiger partial charge in [-0.05, 0) is 13.0 Å². The van der Waals surface area contributed by atoms with E-state index in [0.717, 1.165) is 11.3 Å². The van der Waals surface area contributed by atoms with Gasteiger partial charge in [0.1, 0.15) is 5.15 Å². The lowest BCUT2D eigenvalue weighted by Crippen LogP contribution is -2.15. The Labute approximate surface area is 81.1 Å². The molecule has 1 aromatic heterocycles. The molecule has 1 aromatic rings. The molecule has 0 amide bonds. The Morgan fingerprint density at radius 1 is 1.54 bits per heavy atom. The summed E-state index contributed by atoms with van der Waals surface area (Å²) < 4.78 is 0. The summed E-state index contributed by atoms with van der Waals surface area (Å²) in [6, 6.07) is 3.63. The summed E-state index contributed by atoms with van der Waals surface area (Å²) in [6.45, 7) is 1.70. The van der Waals surface area contributed by atoms with Crippen LogP contribution in [0, 0.1) is 0 Å². The van der Waals surface area contributed by atoms with Gasteiger partial charge in [0.2, 0.25) is 0 Å². The fourth-order valence-electron chi connectivity index (χ4n) is 1.30. The van der Waals surface area contributed by atoms with E-state index in [1.54, 1.807) is 13.0 Å². The summed E-state index contributed by atoms with van der Waals surface area (Å²) in [5, 5.41) is 9.74. The lowest BCUT2D eigenvalue weighted by atomic mass is 10.1. The van der Waals surface area contributed by atoms with Crippen LogP contribution in [-0.2, 0) is 6.42 Å². The fourth-order valence-corrected chi connectivity index (χ4v) is 1.44. The van der Waals surface area contributed by atoms with Crippen molar-refractivity contribution in [3.8, 4) is 0 Å². The van der Waals surface area contributed by atoms with Crippen molar-refractivity contribution in [2.24, 2.45) is 4.99 Å². The molecule has 0 aromatic carbocycles. The second-order valence-corrected chi connectivity index (χ2v) is 3.46. The average Bonchev–Trinajstić information content (AvgIpc) is 2.46. The van der Waals surface area contributed by atoms with Crippen LogP contribution in [0.25, 0.3) is 0 Å². The number of nitrogens with zero attached hydrogens (tertiary/aromatic N) is 2. The van der Waals surface area contributed by atoms with E-state index in [0.29, 0.717) is 17.4 Å². The van der Waals surface area contributed by atoms with Crippen LogP contribution >= 0.6 is 11.6 Å². The van der Waals surface area contributed by atoms with E-state index in [1.165, 1.54) is 0 Å². The molecule has 1 aliphatic heterocycles. The van der Waals surface area contributed by atoms with Crippen molar-refractivity contribution >= 4 is 23.1 Å². The van der Waals surface area contributed by atoms with Crippen LogP contribution in [0.4, 0.5) is 5.82 Å². The quantitative estimate of drug-likeness (QED) is 0.696. The van der Waals surface area contributed by atoms with Gasteiger partial charge >= 0.3 is 0 Å². The summed E-state index contributed by atoms with van der Waals surface area (Å²) in [6.07, 6.45) is 0.171. The van der Waals surface area contributed by atoms with Crippen LogP contribution in [0.2, 0.25) is 5.15 Å². The Morgan fingerprint density at radius 2 is 2.31 bits per heavy atom. The topological polar surface area (TPSA) is 45.5 Å². The normalized spacial score (nSPS) is 16.7. The molecule has 68 valence electrons. The Bertz CT molecular complexity index is 374. The van der Waals surface area contributed by atoms with E-state index in [4.69, 9.17) is 11.6 Å². The molecule has 13 heavy (non-hydrogen) atoms. The Hall–Kier alpha value is -0.930. The molecule has 1 N–H and O–H groups in total. The Balaban J connectivity index is 2.38. The van der Waals surface area contributed by atoms with Gasteiger partial charge in [-0.15, -0.1) is 0 Å². The van der Waals surface area contributed by atoms with E-state index in [9.17, 15) is 5.11 Å². The van der Waals surface area contributed by atoms with Crippen molar-refractivity contribution in [3.63, 3.8) is 0 Å². The zero-order valence-corrected chi connectivity index (χ0v) is 7.91. The number of aromatic nitrogens is 1. The molecule has 0 spiro atoms. The number of hydrogen-bond donors (Lipinski definition) is 1. The highest BCUT2D eigenvalue weighted by Gasteiger charge is 2.18. The van der Waals surface area contributed by atoms with E-state index < -0.39 is 6.10 Å². The molecule has 1 unspecified atom stereocenters. The van der Waals surface area contributed by atoms with Gasteiger partial charge in [-0.25, -0.2) is 9.98 Å². The van der Waals surface area contributed by atoms with Gasteiger partial charge in [0.25, 0.3) is 0 Å². The first-order chi connectivity index (χ1) is 6.16.